The Morgan fingerprint density at radius 2 is 2.00 bits per heavy atom. The molecule has 1 unspecified atom stereocenters. The van der Waals surface area contributed by atoms with Gasteiger partial charge in [-0.2, -0.15) is 0 Å². The Morgan fingerprint density at radius 1 is 1.33 bits per heavy atom. The first kappa shape index (κ1) is 16.3. The monoisotopic (exact) mass is 292 g/mol. The van der Waals surface area contributed by atoms with Gasteiger partial charge in [-0.1, -0.05) is 18.2 Å². The van der Waals surface area contributed by atoms with Gasteiger partial charge < -0.3 is 20.1 Å². The molecule has 1 atom stereocenters. The SMILES string of the molecule is Cc1cccc(C)c1OCC(O)CNCCN(C)C1CC1. The van der Waals surface area contributed by atoms with Crippen LogP contribution in [-0.4, -0.2) is 55.4 Å². The number of aliphatic hydroxyl groups excluding tert-OH is 1. The van der Waals surface area contributed by atoms with E-state index >= 15 is 0 Å². The molecule has 1 aliphatic carbocycles. The number of benzene rings is 1. The van der Waals surface area contributed by atoms with E-state index in [0.717, 1.165) is 36.0 Å². The highest BCUT2D eigenvalue weighted by molar-refractivity contribution is 5.39. The summed E-state index contributed by atoms with van der Waals surface area (Å²) in [5.41, 5.74) is 2.22. The molecule has 0 saturated heterocycles. The van der Waals surface area contributed by atoms with Crippen LogP contribution < -0.4 is 10.1 Å². The molecule has 1 aromatic carbocycles. The summed E-state index contributed by atoms with van der Waals surface area (Å²) in [6, 6.07) is 6.87. The number of hydrogen-bond donors (Lipinski definition) is 2. The van der Waals surface area contributed by atoms with E-state index in [9.17, 15) is 5.11 Å². The van der Waals surface area contributed by atoms with E-state index in [0.29, 0.717) is 13.2 Å². The maximum absolute atomic E-state index is 9.98. The maximum Gasteiger partial charge on any atom is 0.125 e. The van der Waals surface area contributed by atoms with E-state index in [1.165, 1.54) is 12.8 Å². The quantitative estimate of drug-likeness (QED) is 0.680. The molecular weight excluding hydrogens is 264 g/mol. The van der Waals surface area contributed by atoms with Gasteiger partial charge in [0.05, 0.1) is 0 Å². The molecule has 4 heteroatoms. The van der Waals surface area contributed by atoms with Gasteiger partial charge in [0.1, 0.15) is 18.5 Å². The van der Waals surface area contributed by atoms with E-state index in [-0.39, 0.29) is 0 Å². The van der Waals surface area contributed by atoms with Crippen molar-refractivity contribution in [3.63, 3.8) is 0 Å². The number of likely N-dealkylation sites (N-methyl/N-ethyl adjacent to an activating group) is 1. The molecule has 1 aliphatic rings. The fourth-order valence-corrected chi connectivity index (χ4v) is 2.49. The molecule has 2 N–H and O–H groups in total. The molecule has 1 aromatic rings. The van der Waals surface area contributed by atoms with Crippen LogP contribution in [0.5, 0.6) is 5.75 Å². The molecule has 1 fully saturated rings. The van der Waals surface area contributed by atoms with Crippen molar-refractivity contribution >= 4 is 0 Å². The summed E-state index contributed by atoms with van der Waals surface area (Å²) in [6.07, 6.45) is 2.20. The zero-order chi connectivity index (χ0) is 15.2. The number of hydrogen-bond acceptors (Lipinski definition) is 4. The Labute approximate surface area is 128 Å². The van der Waals surface area contributed by atoms with Crippen molar-refractivity contribution in [2.45, 2.75) is 38.8 Å². The Hall–Kier alpha value is -1.10. The van der Waals surface area contributed by atoms with Crippen LogP contribution in [-0.2, 0) is 0 Å². The molecule has 0 aliphatic heterocycles. The lowest BCUT2D eigenvalue weighted by atomic mass is 10.1. The Morgan fingerprint density at radius 3 is 2.62 bits per heavy atom. The number of rotatable bonds is 9. The minimum Gasteiger partial charge on any atom is -0.490 e. The first-order valence-corrected chi connectivity index (χ1v) is 7.86. The minimum atomic E-state index is -0.477. The van der Waals surface area contributed by atoms with Crippen molar-refractivity contribution in [2.24, 2.45) is 0 Å². The molecule has 2 rings (SSSR count). The normalized spacial score (nSPS) is 16.2. The second kappa shape index (κ2) is 7.78. The number of para-hydroxylation sites is 1. The van der Waals surface area contributed by atoms with Crippen molar-refractivity contribution < 1.29 is 9.84 Å². The molecule has 0 bridgehead atoms. The van der Waals surface area contributed by atoms with Crippen LogP contribution in [0, 0.1) is 13.8 Å². The standard InChI is InChI=1S/C17H28N2O2/c1-13-5-4-6-14(2)17(13)21-12-16(20)11-18-9-10-19(3)15-7-8-15/h4-6,15-16,18,20H,7-12H2,1-3H3. The van der Waals surface area contributed by atoms with Crippen molar-refractivity contribution in [3.8, 4) is 5.75 Å². The summed E-state index contributed by atoms with van der Waals surface area (Å²) in [7, 11) is 2.17. The summed E-state index contributed by atoms with van der Waals surface area (Å²) >= 11 is 0. The highest BCUT2D eigenvalue weighted by atomic mass is 16.5. The molecule has 1 saturated carbocycles. The van der Waals surface area contributed by atoms with E-state index in [4.69, 9.17) is 4.74 Å². The van der Waals surface area contributed by atoms with E-state index < -0.39 is 6.10 Å². The Balaban J connectivity index is 1.61. The predicted octanol–water partition coefficient (Wildman–Crippen LogP) is 1.73. The van der Waals surface area contributed by atoms with Gasteiger partial charge in [0.25, 0.3) is 0 Å². The first-order valence-electron chi connectivity index (χ1n) is 7.86. The van der Waals surface area contributed by atoms with Crippen molar-refractivity contribution in [3.05, 3.63) is 29.3 Å². The van der Waals surface area contributed by atoms with Crippen molar-refractivity contribution in [1.82, 2.24) is 10.2 Å². The zero-order valence-electron chi connectivity index (χ0n) is 13.4. The van der Waals surface area contributed by atoms with Crippen LogP contribution in [0.15, 0.2) is 18.2 Å². The maximum atomic E-state index is 9.98. The van der Waals surface area contributed by atoms with Gasteiger partial charge in [0, 0.05) is 25.7 Å². The first-order chi connectivity index (χ1) is 10.1. The van der Waals surface area contributed by atoms with E-state index in [1.54, 1.807) is 0 Å². The average Bonchev–Trinajstić information content (AvgIpc) is 3.27. The van der Waals surface area contributed by atoms with Crippen molar-refractivity contribution in [2.75, 3.05) is 33.3 Å². The van der Waals surface area contributed by atoms with Gasteiger partial charge in [0.15, 0.2) is 0 Å². The highest BCUT2D eigenvalue weighted by Gasteiger charge is 2.25. The van der Waals surface area contributed by atoms with Gasteiger partial charge >= 0.3 is 0 Å². The number of ether oxygens (including phenoxy) is 1. The Bertz CT molecular complexity index is 426. The number of aliphatic hydroxyl groups is 1. The van der Waals surface area contributed by atoms with Crippen LogP contribution in [0.2, 0.25) is 0 Å². The van der Waals surface area contributed by atoms with E-state index in [2.05, 4.69) is 17.3 Å². The molecule has 21 heavy (non-hydrogen) atoms. The highest BCUT2D eigenvalue weighted by Crippen LogP contribution is 2.24. The van der Waals surface area contributed by atoms with E-state index in [1.807, 2.05) is 32.0 Å². The summed E-state index contributed by atoms with van der Waals surface area (Å²) in [6.45, 7) is 6.91. The zero-order valence-corrected chi connectivity index (χ0v) is 13.4. The minimum absolute atomic E-state index is 0.331. The van der Waals surface area contributed by atoms with Gasteiger partial charge in [-0.3, -0.25) is 0 Å². The lowest BCUT2D eigenvalue weighted by Gasteiger charge is -2.18. The number of nitrogens with zero attached hydrogens (tertiary/aromatic N) is 1. The third kappa shape index (κ3) is 5.30. The fourth-order valence-electron chi connectivity index (χ4n) is 2.49. The largest absolute Gasteiger partial charge is 0.490 e. The molecule has 118 valence electrons. The molecule has 0 heterocycles. The smallest absolute Gasteiger partial charge is 0.125 e. The number of aryl methyl sites for hydroxylation is 2. The van der Waals surface area contributed by atoms with Gasteiger partial charge in [0.2, 0.25) is 0 Å². The van der Waals surface area contributed by atoms with Crippen LogP contribution in [0.3, 0.4) is 0 Å². The molecule has 0 spiro atoms. The molecular formula is C17H28N2O2. The number of nitrogens with one attached hydrogen (secondary N) is 1. The van der Waals surface area contributed by atoms with Crippen LogP contribution >= 0.6 is 0 Å². The van der Waals surface area contributed by atoms with Crippen LogP contribution in [0.1, 0.15) is 24.0 Å². The molecule has 0 aromatic heterocycles. The fraction of sp³-hybridized carbons (Fsp3) is 0.647. The van der Waals surface area contributed by atoms with Crippen molar-refractivity contribution in [1.29, 1.82) is 0 Å². The van der Waals surface area contributed by atoms with Gasteiger partial charge in [-0.05, 0) is 44.9 Å². The molecule has 4 nitrogen and oxygen atoms in total. The lowest BCUT2D eigenvalue weighted by molar-refractivity contribution is 0.105. The van der Waals surface area contributed by atoms with Crippen LogP contribution in [0.25, 0.3) is 0 Å². The van der Waals surface area contributed by atoms with Gasteiger partial charge in [-0.25, -0.2) is 0 Å². The summed E-state index contributed by atoms with van der Waals surface area (Å²) in [5, 5.41) is 13.3. The molecule has 0 radical (unpaired) electrons. The second-order valence-corrected chi connectivity index (χ2v) is 6.10. The third-order valence-corrected chi connectivity index (χ3v) is 4.02. The summed E-state index contributed by atoms with van der Waals surface area (Å²) < 4.78 is 5.76. The summed E-state index contributed by atoms with van der Waals surface area (Å²) in [5.74, 6) is 0.894. The lowest BCUT2D eigenvalue weighted by Crippen LogP contribution is -2.36. The second-order valence-electron chi connectivity index (χ2n) is 6.10. The molecule has 0 amide bonds. The van der Waals surface area contributed by atoms with Gasteiger partial charge in [-0.15, -0.1) is 0 Å². The third-order valence-electron chi connectivity index (χ3n) is 4.02. The van der Waals surface area contributed by atoms with Crippen LogP contribution in [0.4, 0.5) is 0 Å². The average molecular weight is 292 g/mol. The summed E-state index contributed by atoms with van der Waals surface area (Å²) in [4.78, 5) is 2.38. The Kier molecular flexibility index (Phi) is 6.03. The predicted molar refractivity (Wildman–Crippen MR) is 85.9 cm³/mol. The topological polar surface area (TPSA) is 44.7 Å².